The third-order valence-corrected chi connectivity index (χ3v) is 1.10. The molecule has 0 saturated heterocycles. The maximum atomic E-state index is 5.36. The van der Waals surface area contributed by atoms with Crippen LogP contribution in [-0.4, -0.2) is 5.17 Å². The summed E-state index contributed by atoms with van der Waals surface area (Å²) in [5.74, 6) is 0. The zero-order valence-electron chi connectivity index (χ0n) is 4.66. The van der Waals surface area contributed by atoms with Gasteiger partial charge < -0.3 is 5.73 Å². The van der Waals surface area contributed by atoms with Crippen LogP contribution in [0.1, 0.15) is 6.92 Å². The van der Waals surface area contributed by atoms with E-state index in [0.717, 1.165) is 0 Å². The molecule has 0 aliphatic rings. The molecule has 0 rings (SSSR count). The van der Waals surface area contributed by atoms with Gasteiger partial charge in [0.15, 0.2) is 5.16 Å². The van der Waals surface area contributed by atoms with Crippen molar-refractivity contribution in [3.8, 4) is 0 Å². The fraction of sp³-hybridized carbons (Fsp3) is 0.250. The van der Waals surface area contributed by atoms with Crippen LogP contribution in [0.3, 0.4) is 0 Å². The third-order valence-electron chi connectivity index (χ3n) is 0.449. The quantitative estimate of drug-likeness (QED) is 0.496. The van der Waals surface area contributed by atoms with Gasteiger partial charge in [-0.2, -0.15) is 0 Å². The molecule has 0 saturated carbocycles. The number of nitrogens with zero attached hydrogens (tertiary/aromatic N) is 1. The molecule has 0 aliphatic carbocycles. The van der Waals surface area contributed by atoms with Crippen LogP contribution in [0.15, 0.2) is 15.3 Å². The molecular weight excluding hydrogens is 182 g/mol. The van der Waals surface area contributed by atoms with Gasteiger partial charge in [-0.05, 0) is 6.92 Å². The molecule has 0 amide bonds. The lowest BCUT2D eigenvalue weighted by molar-refractivity contribution is 1.40. The molecule has 5 heteroatoms. The molecule has 0 aromatic rings. The smallest absolute Gasteiger partial charge is 0.164 e. The zero-order chi connectivity index (χ0) is 7.44. The molecule has 2 N–H and O–H groups in total. The standard InChI is InChI=1S/C4H5Cl3N2/c1-2(5)9-4(7)3(6)8/h8H2,1H3/b4-3-,9-2?. The van der Waals surface area contributed by atoms with Crippen LogP contribution in [0, 0.1) is 0 Å². The first-order chi connectivity index (χ1) is 4.04. The number of halogens is 3. The second-order valence-corrected chi connectivity index (χ2v) is 2.56. The molecule has 0 aromatic heterocycles. The van der Waals surface area contributed by atoms with Gasteiger partial charge in [0.1, 0.15) is 10.3 Å². The summed E-state index contributed by atoms with van der Waals surface area (Å²) in [6.07, 6.45) is 0. The Labute approximate surface area is 68.3 Å². The van der Waals surface area contributed by atoms with Crippen molar-refractivity contribution < 1.29 is 0 Å². The van der Waals surface area contributed by atoms with E-state index in [4.69, 9.17) is 40.5 Å². The Morgan fingerprint density at radius 3 is 1.89 bits per heavy atom. The summed E-state index contributed by atoms with van der Waals surface area (Å²) in [6.45, 7) is 1.57. The minimum Gasteiger partial charge on any atom is -0.387 e. The fourth-order valence-corrected chi connectivity index (χ4v) is 0.485. The van der Waals surface area contributed by atoms with Crippen LogP contribution in [0.2, 0.25) is 0 Å². The first kappa shape index (κ1) is 9.08. The van der Waals surface area contributed by atoms with Crippen LogP contribution in [0.4, 0.5) is 0 Å². The molecule has 0 unspecified atom stereocenters. The highest BCUT2D eigenvalue weighted by atomic mass is 35.5. The summed E-state index contributed by atoms with van der Waals surface area (Å²) in [4.78, 5) is 3.55. The van der Waals surface area contributed by atoms with Gasteiger partial charge in [0.2, 0.25) is 0 Å². The molecule has 0 bridgehead atoms. The SMILES string of the molecule is CC(Cl)=N/C(Cl)=C(\N)Cl. The molecule has 0 atom stereocenters. The van der Waals surface area contributed by atoms with Crippen molar-refractivity contribution in [3.05, 3.63) is 10.3 Å². The van der Waals surface area contributed by atoms with Crippen LogP contribution in [0.25, 0.3) is 0 Å². The molecule has 0 heterocycles. The largest absolute Gasteiger partial charge is 0.387 e. The van der Waals surface area contributed by atoms with Crippen molar-refractivity contribution in [3.63, 3.8) is 0 Å². The Kier molecular flexibility index (Phi) is 4.02. The Bertz CT molecular complexity index is 153. The van der Waals surface area contributed by atoms with Crippen LogP contribution in [-0.2, 0) is 0 Å². The van der Waals surface area contributed by atoms with Crippen LogP contribution < -0.4 is 5.73 Å². The van der Waals surface area contributed by atoms with Crippen molar-refractivity contribution in [2.75, 3.05) is 0 Å². The predicted octanol–water partition coefficient (Wildman–Crippen LogP) is 2.21. The molecule has 52 valence electrons. The monoisotopic (exact) mass is 186 g/mol. The molecule has 0 fully saturated rings. The number of hydrogen-bond donors (Lipinski definition) is 1. The highest BCUT2D eigenvalue weighted by molar-refractivity contribution is 6.65. The summed E-state index contributed by atoms with van der Waals surface area (Å²) in [7, 11) is 0. The first-order valence-electron chi connectivity index (χ1n) is 2.05. The first-order valence-corrected chi connectivity index (χ1v) is 3.19. The Hall–Kier alpha value is 0.0800. The van der Waals surface area contributed by atoms with E-state index in [1.807, 2.05) is 0 Å². The zero-order valence-corrected chi connectivity index (χ0v) is 6.93. The summed E-state index contributed by atoms with van der Waals surface area (Å²) in [6, 6.07) is 0. The average molecular weight is 187 g/mol. The van der Waals surface area contributed by atoms with E-state index in [1.54, 1.807) is 6.92 Å². The van der Waals surface area contributed by atoms with E-state index in [-0.39, 0.29) is 10.3 Å². The van der Waals surface area contributed by atoms with Crippen molar-refractivity contribution in [1.29, 1.82) is 0 Å². The predicted molar refractivity (Wildman–Crippen MR) is 41.9 cm³/mol. The maximum absolute atomic E-state index is 5.36. The molecule has 0 radical (unpaired) electrons. The summed E-state index contributed by atoms with van der Waals surface area (Å²) >= 11 is 15.9. The van der Waals surface area contributed by atoms with Crippen LogP contribution in [0.5, 0.6) is 0 Å². The Morgan fingerprint density at radius 1 is 1.33 bits per heavy atom. The van der Waals surface area contributed by atoms with E-state index in [9.17, 15) is 0 Å². The number of rotatable bonds is 1. The Morgan fingerprint density at radius 2 is 1.78 bits per heavy atom. The lowest BCUT2D eigenvalue weighted by Crippen LogP contribution is -1.90. The van der Waals surface area contributed by atoms with E-state index in [0.29, 0.717) is 5.17 Å². The molecule has 0 aliphatic heterocycles. The average Bonchev–Trinajstić information content (AvgIpc) is 1.63. The highest BCUT2D eigenvalue weighted by Crippen LogP contribution is 2.10. The normalized spacial score (nSPS) is 15.3. The number of hydrogen-bond acceptors (Lipinski definition) is 2. The van der Waals surface area contributed by atoms with Crippen molar-refractivity contribution in [1.82, 2.24) is 0 Å². The summed E-state index contributed by atoms with van der Waals surface area (Å²) < 4.78 is 0. The molecule has 0 spiro atoms. The van der Waals surface area contributed by atoms with Crippen LogP contribution >= 0.6 is 34.8 Å². The minimum atomic E-state index is -0.0586. The topological polar surface area (TPSA) is 38.4 Å². The van der Waals surface area contributed by atoms with E-state index < -0.39 is 0 Å². The molecule has 9 heavy (non-hydrogen) atoms. The summed E-state index contributed by atoms with van der Waals surface area (Å²) in [5, 5.41) is 0.254. The highest BCUT2D eigenvalue weighted by Gasteiger charge is 1.92. The lowest BCUT2D eigenvalue weighted by atomic mass is 10.8. The van der Waals surface area contributed by atoms with Gasteiger partial charge in [-0.25, -0.2) is 4.99 Å². The van der Waals surface area contributed by atoms with Crippen molar-refractivity contribution in [2.24, 2.45) is 10.7 Å². The second kappa shape index (κ2) is 3.99. The van der Waals surface area contributed by atoms with Crippen molar-refractivity contribution in [2.45, 2.75) is 6.92 Å². The maximum Gasteiger partial charge on any atom is 0.164 e. The van der Waals surface area contributed by atoms with Gasteiger partial charge >= 0.3 is 0 Å². The van der Waals surface area contributed by atoms with Gasteiger partial charge in [0.05, 0.1) is 0 Å². The molecular formula is C4H5Cl3N2. The molecule has 2 nitrogen and oxygen atoms in total. The van der Waals surface area contributed by atoms with E-state index in [1.165, 1.54) is 0 Å². The number of aliphatic imine (C=N–C) groups is 1. The van der Waals surface area contributed by atoms with Gasteiger partial charge in [-0.15, -0.1) is 0 Å². The van der Waals surface area contributed by atoms with E-state index >= 15 is 0 Å². The Balaban J connectivity index is 4.25. The number of nitrogens with two attached hydrogens (primary N) is 1. The fourth-order valence-electron chi connectivity index (χ4n) is 0.189. The minimum absolute atomic E-state index is 0.0177. The van der Waals surface area contributed by atoms with Crippen molar-refractivity contribution >= 4 is 40.0 Å². The van der Waals surface area contributed by atoms with Gasteiger partial charge in [-0.3, -0.25) is 0 Å². The van der Waals surface area contributed by atoms with Gasteiger partial charge in [-0.1, -0.05) is 34.8 Å². The van der Waals surface area contributed by atoms with Gasteiger partial charge in [0, 0.05) is 0 Å². The van der Waals surface area contributed by atoms with Gasteiger partial charge in [0.25, 0.3) is 0 Å². The molecule has 0 aromatic carbocycles. The second-order valence-electron chi connectivity index (χ2n) is 1.25. The third kappa shape index (κ3) is 4.58. The lowest BCUT2D eigenvalue weighted by Gasteiger charge is -1.89. The van der Waals surface area contributed by atoms with E-state index in [2.05, 4.69) is 4.99 Å². The summed E-state index contributed by atoms with van der Waals surface area (Å²) in [5.41, 5.74) is 5.03.